The molecule has 0 aliphatic heterocycles. The molecule has 6 nitrogen and oxygen atoms in total. The lowest BCUT2D eigenvalue weighted by Crippen LogP contribution is -2.32. The van der Waals surface area contributed by atoms with E-state index >= 15 is 0 Å². The molecule has 1 heterocycles. The molecule has 86 valence electrons. The minimum absolute atomic E-state index is 0.131. The smallest absolute Gasteiger partial charge is 0.243 e. The first-order valence-electron chi connectivity index (χ1n) is 4.66. The van der Waals surface area contributed by atoms with Gasteiger partial charge in [-0.3, -0.25) is 5.10 Å². The van der Waals surface area contributed by atoms with E-state index in [4.69, 9.17) is 4.74 Å². The first-order chi connectivity index (χ1) is 7.06. The molecular weight excluding hydrogens is 218 g/mol. The lowest BCUT2D eigenvalue weighted by Gasteiger charge is -2.11. The fraction of sp³-hybridized carbons (Fsp3) is 0.625. The van der Waals surface area contributed by atoms with Crippen LogP contribution in [0, 0.1) is 0 Å². The molecule has 0 fully saturated rings. The quantitative estimate of drug-likeness (QED) is 0.730. The largest absolute Gasteiger partial charge is 0.377 e. The van der Waals surface area contributed by atoms with Crippen molar-refractivity contribution in [2.24, 2.45) is 0 Å². The Bertz CT molecular complexity index is 374. The highest BCUT2D eigenvalue weighted by molar-refractivity contribution is 7.89. The summed E-state index contributed by atoms with van der Waals surface area (Å²) in [5.74, 6) is 0. The third-order valence-electron chi connectivity index (χ3n) is 1.80. The van der Waals surface area contributed by atoms with E-state index < -0.39 is 10.0 Å². The number of hydrogen-bond donors (Lipinski definition) is 2. The first kappa shape index (κ1) is 12.2. The van der Waals surface area contributed by atoms with E-state index in [1.54, 1.807) is 6.92 Å². The SMILES string of the molecule is CCOC(C)CNS(=O)(=O)c1cn[nH]c1. The number of rotatable bonds is 6. The first-order valence-corrected chi connectivity index (χ1v) is 6.14. The van der Waals surface area contributed by atoms with Crippen molar-refractivity contribution >= 4 is 10.0 Å². The molecule has 0 aliphatic rings. The van der Waals surface area contributed by atoms with Crippen molar-refractivity contribution < 1.29 is 13.2 Å². The van der Waals surface area contributed by atoms with E-state index in [1.807, 2.05) is 6.92 Å². The molecule has 0 bridgehead atoms. The highest BCUT2D eigenvalue weighted by atomic mass is 32.2. The standard InChI is InChI=1S/C8H15N3O3S/c1-3-14-7(2)4-11-15(12,13)8-5-9-10-6-8/h5-7,11H,3-4H2,1-2H3,(H,9,10). The van der Waals surface area contributed by atoms with Crippen LogP contribution in [0.1, 0.15) is 13.8 Å². The van der Waals surface area contributed by atoms with Gasteiger partial charge in [0.15, 0.2) is 0 Å². The zero-order valence-corrected chi connectivity index (χ0v) is 9.54. The number of ether oxygens (including phenoxy) is 1. The lowest BCUT2D eigenvalue weighted by atomic mass is 10.4. The zero-order chi connectivity index (χ0) is 11.3. The molecule has 1 aromatic rings. The second kappa shape index (κ2) is 5.24. The Hall–Kier alpha value is -0.920. The van der Waals surface area contributed by atoms with Gasteiger partial charge in [0.1, 0.15) is 4.90 Å². The molecule has 1 aromatic heterocycles. The van der Waals surface area contributed by atoms with E-state index in [1.165, 1.54) is 12.4 Å². The van der Waals surface area contributed by atoms with Gasteiger partial charge in [-0.25, -0.2) is 13.1 Å². The predicted molar refractivity (Wildman–Crippen MR) is 54.9 cm³/mol. The molecule has 0 aliphatic carbocycles. The summed E-state index contributed by atoms with van der Waals surface area (Å²) in [6.07, 6.45) is 2.44. The van der Waals surface area contributed by atoms with Crippen molar-refractivity contribution in [2.45, 2.75) is 24.8 Å². The highest BCUT2D eigenvalue weighted by Gasteiger charge is 2.15. The van der Waals surface area contributed by atoms with Crippen molar-refractivity contribution in [2.75, 3.05) is 13.2 Å². The van der Waals surface area contributed by atoms with Crippen molar-refractivity contribution in [1.29, 1.82) is 0 Å². The number of aromatic amines is 1. The fourth-order valence-corrected chi connectivity index (χ4v) is 2.06. The molecule has 0 radical (unpaired) electrons. The van der Waals surface area contributed by atoms with Crippen molar-refractivity contribution in [3.8, 4) is 0 Å². The molecule has 0 spiro atoms. The molecule has 0 amide bonds. The molecule has 2 N–H and O–H groups in total. The molecule has 1 unspecified atom stereocenters. The molecule has 1 rings (SSSR count). The van der Waals surface area contributed by atoms with Crippen LogP contribution in [-0.4, -0.2) is 37.9 Å². The average Bonchev–Trinajstić information content (AvgIpc) is 2.69. The summed E-state index contributed by atoms with van der Waals surface area (Å²) in [4.78, 5) is 0.131. The summed E-state index contributed by atoms with van der Waals surface area (Å²) >= 11 is 0. The van der Waals surface area contributed by atoms with Crippen LogP contribution in [0.2, 0.25) is 0 Å². The molecule has 0 aromatic carbocycles. The van der Waals surface area contributed by atoms with Gasteiger partial charge in [0.05, 0.1) is 12.3 Å². The molecular formula is C8H15N3O3S. The van der Waals surface area contributed by atoms with Gasteiger partial charge in [-0.15, -0.1) is 0 Å². The Morgan fingerprint density at radius 2 is 2.40 bits per heavy atom. The number of nitrogens with one attached hydrogen (secondary N) is 2. The summed E-state index contributed by atoms with van der Waals surface area (Å²) in [5.41, 5.74) is 0. The monoisotopic (exact) mass is 233 g/mol. The Labute approximate surface area is 89.1 Å². The fourth-order valence-electron chi connectivity index (χ4n) is 1.04. The second-order valence-corrected chi connectivity index (χ2v) is 4.82. The maximum Gasteiger partial charge on any atom is 0.243 e. The van der Waals surface area contributed by atoms with Gasteiger partial charge < -0.3 is 4.74 Å². The van der Waals surface area contributed by atoms with E-state index in [0.717, 1.165) is 0 Å². The summed E-state index contributed by atoms with van der Waals surface area (Å²) in [7, 11) is -3.45. The maximum atomic E-state index is 11.6. The van der Waals surface area contributed by atoms with Crippen LogP contribution in [0.25, 0.3) is 0 Å². The van der Waals surface area contributed by atoms with E-state index in [2.05, 4.69) is 14.9 Å². The van der Waals surface area contributed by atoms with Gasteiger partial charge in [0, 0.05) is 19.3 Å². The number of hydrogen-bond acceptors (Lipinski definition) is 4. The van der Waals surface area contributed by atoms with Crippen molar-refractivity contribution in [1.82, 2.24) is 14.9 Å². The normalized spacial score (nSPS) is 14.0. The Morgan fingerprint density at radius 3 is 2.93 bits per heavy atom. The third kappa shape index (κ3) is 3.61. The average molecular weight is 233 g/mol. The summed E-state index contributed by atoms with van der Waals surface area (Å²) < 4.78 is 30.8. The molecule has 0 saturated carbocycles. The summed E-state index contributed by atoms with van der Waals surface area (Å²) in [5, 5.41) is 6.02. The van der Waals surface area contributed by atoms with Crippen molar-refractivity contribution in [3.05, 3.63) is 12.4 Å². The molecule has 0 saturated heterocycles. The van der Waals surface area contributed by atoms with E-state index in [9.17, 15) is 8.42 Å². The molecule has 1 atom stereocenters. The predicted octanol–water partition coefficient (Wildman–Crippen LogP) is 0.113. The number of H-pyrrole nitrogens is 1. The maximum absolute atomic E-state index is 11.6. The van der Waals surface area contributed by atoms with Crippen LogP contribution < -0.4 is 4.72 Å². The Kier molecular flexibility index (Phi) is 4.25. The number of sulfonamides is 1. The molecule has 15 heavy (non-hydrogen) atoms. The Balaban J connectivity index is 2.52. The minimum Gasteiger partial charge on any atom is -0.377 e. The third-order valence-corrected chi connectivity index (χ3v) is 3.19. The summed E-state index contributed by atoms with van der Waals surface area (Å²) in [6.45, 7) is 4.48. The Morgan fingerprint density at radius 1 is 1.67 bits per heavy atom. The zero-order valence-electron chi connectivity index (χ0n) is 8.73. The van der Waals surface area contributed by atoms with Crippen LogP contribution in [0.15, 0.2) is 17.3 Å². The van der Waals surface area contributed by atoms with E-state index in [-0.39, 0.29) is 17.5 Å². The topological polar surface area (TPSA) is 84.1 Å². The van der Waals surface area contributed by atoms with Gasteiger partial charge in [0.2, 0.25) is 10.0 Å². The van der Waals surface area contributed by atoms with Crippen LogP contribution in [0.5, 0.6) is 0 Å². The van der Waals surface area contributed by atoms with Crippen molar-refractivity contribution in [3.63, 3.8) is 0 Å². The van der Waals surface area contributed by atoms with Gasteiger partial charge >= 0.3 is 0 Å². The second-order valence-electron chi connectivity index (χ2n) is 3.05. The minimum atomic E-state index is -3.45. The van der Waals surface area contributed by atoms with Gasteiger partial charge in [-0.2, -0.15) is 5.10 Å². The van der Waals surface area contributed by atoms with Crippen LogP contribution in [0.4, 0.5) is 0 Å². The molecule has 7 heteroatoms. The van der Waals surface area contributed by atoms with E-state index in [0.29, 0.717) is 6.61 Å². The van der Waals surface area contributed by atoms with Gasteiger partial charge in [-0.1, -0.05) is 0 Å². The van der Waals surface area contributed by atoms with Crippen LogP contribution in [-0.2, 0) is 14.8 Å². The van der Waals surface area contributed by atoms with Crippen LogP contribution >= 0.6 is 0 Å². The highest BCUT2D eigenvalue weighted by Crippen LogP contribution is 2.04. The number of aromatic nitrogens is 2. The lowest BCUT2D eigenvalue weighted by molar-refractivity contribution is 0.0799. The summed E-state index contributed by atoms with van der Waals surface area (Å²) in [6, 6.07) is 0. The van der Waals surface area contributed by atoms with Gasteiger partial charge in [0.25, 0.3) is 0 Å². The number of nitrogens with zero attached hydrogens (tertiary/aromatic N) is 1. The van der Waals surface area contributed by atoms with Gasteiger partial charge in [-0.05, 0) is 13.8 Å². The van der Waals surface area contributed by atoms with Crippen LogP contribution in [0.3, 0.4) is 0 Å².